The van der Waals surface area contributed by atoms with Crippen molar-refractivity contribution >= 4 is 17.7 Å². The third kappa shape index (κ3) is 5.32. The molecule has 0 saturated carbocycles. The van der Waals surface area contributed by atoms with E-state index in [0.29, 0.717) is 6.54 Å². The topological polar surface area (TPSA) is 77.2 Å². The number of amides is 1. The highest BCUT2D eigenvalue weighted by Crippen LogP contribution is 2.19. The van der Waals surface area contributed by atoms with Crippen molar-refractivity contribution in [3.05, 3.63) is 71.9 Å². The molecule has 0 aliphatic rings. The number of carbonyl (C=O) groups is 1. The minimum Gasteiger partial charge on any atom is -0.481 e. The molecule has 2 aromatic carbocycles. The lowest BCUT2D eigenvalue weighted by Crippen LogP contribution is -2.24. The fourth-order valence-corrected chi connectivity index (χ4v) is 2.64. The van der Waals surface area contributed by atoms with Crippen LogP contribution in [0, 0.1) is 5.82 Å². The molecule has 6 nitrogen and oxygen atoms in total. The highest BCUT2D eigenvalue weighted by atomic mass is 32.2. The first-order valence-electron chi connectivity index (χ1n) is 7.84. The van der Waals surface area contributed by atoms with Crippen molar-refractivity contribution in [1.29, 1.82) is 0 Å². The number of nitrogens with one attached hydrogen (secondary N) is 1. The number of benzene rings is 2. The monoisotopic (exact) mass is 373 g/mol. The van der Waals surface area contributed by atoms with Crippen molar-refractivity contribution in [1.82, 2.24) is 15.5 Å². The van der Waals surface area contributed by atoms with Gasteiger partial charge < -0.3 is 14.5 Å². The molecule has 0 fully saturated rings. The Balaban J connectivity index is 1.42. The third-order valence-electron chi connectivity index (χ3n) is 3.30. The Bertz CT molecular complexity index is 858. The Morgan fingerprint density at radius 1 is 1.12 bits per heavy atom. The molecule has 1 N–H and O–H groups in total. The van der Waals surface area contributed by atoms with Crippen molar-refractivity contribution in [2.24, 2.45) is 0 Å². The van der Waals surface area contributed by atoms with E-state index in [1.807, 2.05) is 30.3 Å². The van der Waals surface area contributed by atoms with E-state index in [1.165, 1.54) is 12.1 Å². The summed E-state index contributed by atoms with van der Waals surface area (Å²) in [6.45, 7) is 0.417. The predicted molar refractivity (Wildman–Crippen MR) is 94.0 cm³/mol. The van der Waals surface area contributed by atoms with E-state index in [0.717, 1.165) is 17.3 Å². The number of ether oxygens (including phenoxy) is 1. The lowest BCUT2D eigenvalue weighted by atomic mass is 10.2. The summed E-state index contributed by atoms with van der Waals surface area (Å²) in [6.07, 6.45) is 0. The van der Waals surface area contributed by atoms with Gasteiger partial charge in [-0.25, -0.2) is 4.39 Å². The number of aromatic nitrogens is 2. The number of thioether (sulfide) groups is 1. The summed E-state index contributed by atoms with van der Waals surface area (Å²) in [5.41, 5.74) is 1.02. The Morgan fingerprint density at radius 2 is 1.88 bits per heavy atom. The van der Waals surface area contributed by atoms with Gasteiger partial charge in [-0.05, 0) is 17.7 Å². The molecule has 26 heavy (non-hydrogen) atoms. The summed E-state index contributed by atoms with van der Waals surface area (Å²) in [7, 11) is 0. The number of nitrogens with zero attached hydrogens (tertiary/aromatic N) is 2. The maximum atomic E-state index is 13.5. The minimum absolute atomic E-state index is 0.0469. The van der Waals surface area contributed by atoms with Gasteiger partial charge >= 0.3 is 0 Å². The maximum Gasteiger partial charge on any atom is 0.277 e. The highest BCUT2D eigenvalue weighted by molar-refractivity contribution is 7.99. The quantitative estimate of drug-likeness (QED) is 0.611. The van der Waals surface area contributed by atoms with Gasteiger partial charge in [-0.1, -0.05) is 54.2 Å². The first-order chi connectivity index (χ1) is 12.7. The average molecular weight is 373 g/mol. The van der Waals surface area contributed by atoms with Crippen molar-refractivity contribution in [2.45, 2.75) is 18.4 Å². The van der Waals surface area contributed by atoms with E-state index in [9.17, 15) is 9.18 Å². The molecular weight excluding hydrogens is 357 g/mol. The molecule has 1 amide bonds. The molecule has 0 atom stereocenters. The van der Waals surface area contributed by atoms with Gasteiger partial charge in [0.25, 0.3) is 11.1 Å². The van der Waals surface area contributed by atoms with Crippen LogP contribution in [0.3, 0.4) is 0 Å². The predicted octanol–water partition coefficient (Wildman–Crippen LogP) is 3.20. The molecule has 0 radical (unpaired) electrons. The van der Waals surface area contributed by atoms with E-state index >= 15 is 0 Å². The molecule has 0 bridgehead atoms. The fraction of sp³-hybridized carbons (Fsp3) is 0.167. The first-order valence-corrected chi connectivity index (χ1v) is 8.82. The Morgan fingerprint density at radius 3 is 2.69 bits per heavy atom. The van der Waals surface area contributed by atoms with Crippen LogP contribution in [0.5, 0.6) is 5.75 Å². The number of halogens is 1. The molecule has 8 heteroatoms. The summed E-state index contributed by atoms with van der Waals surface area (Å²) >= 11 is 1.13. The standard InChI is InChI=1S/C18H16FN3O3S/c19-14-8-4-5-9-15(14)24-11-17-21-22-18(25-17)26-12-16(23)20-10-13-6-2-1-3-7-13/h1-9H,10-12H2,(H,20,23). The van der Waals surface area contributed by atoms with Gasteiger partial charge in [0.2, 0.25) is 5.91 Å². The van der Waals surface area contributed by atoms with Gasteiger partial charge in [0.05, 0.1) is 5.75 Å². The second-order valence-corrected chi connectivity index (χ2v) is 6.16. The van der Waals surface area contributed by atoms with Crippen LogP contribution in [0.1, 0.15) is 11.5 Å². The van der Waals surface area contributed by atoms with Gasteiger partial charge in [-0.2, -0.15) is 0 Å². The lowest BCUT2D eigenvalue weighted by Gasteiger charge is -2.04. The number of hydrogen-bond acceptors (Lipinski definition) is 6. The largest absolute Gasteiger partial charge is 0.481 e. The number of rotatable bonds is 8. The van der Waals surface area contributed by atoms with E-state index < -0.39 is 5.82 Å². The van der Waals surface area contributed by atoms with Crippen LogP contribution < -0.4 is 10.1 Å². The summed E-state index contributed by atoms with van der Waals surface area (Å²) in [6, 6.07) is 15.7. The molecule has 0 unspecified atom stereocenters. The van der Waals surface area contributed by atoms with Crippen LogP contribution in [0.25, 0.3) is 0 Å². The second-order valence-electron chi connectivity index (χ2n) is 5.23. The van der Waals surface area contributed by atoms with Crippen LogP contribution in [0.2, 0.25) is 0 Å². The van der Waals surface area contributed by atoms with Crippen molar-refractivity contribution in [3.63, 3.8) is 0 Å². The zero-order valence-corrected chi connectivity index (χ0v) is 14.5. The first kappa shape index (κ1) is 17.9. The lowest BCUT2D eigenvalue weighted by molar-refractivity contribution is -0.118. The van der Waals surface area contributed by atoms with Crippen LogP contribution in [-0.4, -0.2) is 21.9 Å². The summed E-state index contributed by atoms with van der Waals surface area (Å²) in [5.74, 6) is -0.124. The number of carbonyl (C=O) groups excluding carboxylic acids is 1. The molecule has 3 rings (SSSR count). The van der Waals surface area contributed by atoms with Gasteiger partial charge in [0, 0.05) is 6.54 Å². The Hall–Kier alpha value is -2.87. The third-order valence-corrected chi connectivity index (χ3v) is 4.11. The zero-order valence-electron chi connectivity index (χ0n) is 13.7. The van der Waals surface area contributed by atoms with Crippen LogP contribution in [-0.2, 0) is 17.9 Å². The van der Waals surface area contributed by atoms with Gasteiger partial charge in [-0.3, -0.25) is 4.79 Å². The van der Waals surface area contributed by atoms with E-state index in [4.69, 9.17) is 9.15 Å². The molecule has 0 saturated heterocycles. The van der Waals surface area contributed by atoms with Crippen LogP contribution in [0.4, 0.5) is 4.39 Å². The summed E-state index contributed by atoms with van der Waals surface area (Å²) < 4.78 is 24.1. The molecule has 0 spiro atoms. The van der Waals surface area contributed by atoms with E-state index in [-0.39, 0.29) is 35.1 Å². The number of para-hydroxylation sites is 1. The smallest absolute Gasteiger partial charge is 0.277 e. The van der Waals surface area contributed by atoms with Crippen molar-refractivity contribution in [2.75, 3.05) is 5.75 Å². The zero-order chi connectivity index (χ0) is 18.2. The summed E-state index contributed by atoms with van der Waals surface area (Å²) in [5, 5.41) is 10.7. The highest BCUT2D eigenvalue weighted by Gasteiger charge is 2.11. The Labute approximate surface area is 153 Å². The second kappa shape index (κ2) is 9.00. The van der Waals surface area contributed by atoms with Crippen LogP contribution in [0.15, 0.2) is 64.2 Å². The molecule has 0 aliphatic heterocycles. The molecule has 0 aliphatic carbocycles. The molecule has 1 heterocycles. The average Bonchev–Trinajstić information content (AvgIpc) is 3.13. The molecule has 3 aromatic rings. The maximum absolute atomic E-state index is 13.5. The van der Waals surface area contributed by atoms with Gasteiger partial charge in [-0.15, -0.1) is 10.2 Å². The van der Waals surface area contributed by atoms with E-state index in [1.54, 1.807) is 12.1 Å². The molecule has 134 valence electrons. The van der Waals surface area contributed by atoms with Crippen molar-refractivity contribution < 1.29 is 18.3 Å². The van der Waals surface area contributed by atoms with Gasteiger partial charge in [0.15, 0.2) is 18.2 Å². The summed E-state index contributed by atoms with van der Waals surface area (Å²) in [4.78, 5) is 11.9. The molecular formula is C18H16FN3O3S. The minimum atomic E-state index is -0.461. The van der Waals surface area contributed by atoms with E-state index in [2.05, 4.69) is 15.5 Å². The fourth-order valence-electron chi connectivity index (χ4n) is 2.03. The van der Waals surface area contributed by atoms with Crippen molar-refractivity contribution in [3.8, 4) is 5.75 Å². The molecule has 1 aromatic heterocycles. The normalized spacial score (nSPS) is 10.5. The van der Waals surface area contributed by atoms with Gasteiger partial charge in [0.1, 0.15) is 0 Å². The Kier molecular flexibility index (Phi) is 6.21. The number of hydrogen-bond donors (Lipinski definition) is 1. The van der Waals surface area contributed by atoms with Crippen LogP contribution >= 0.6 is 11.8 Å². The SMILES string of the molecule is O=C(CSc1nnc(COc2ccccc2F)o1)NCc1ccccc1.